The predicted molar refractivity (Wildman–Crippen MR) is 44.7 cm³/mol. The number of halogens is 2. The molecule has 0 amide bonds. The lowest BCUT2D eigenvalue weighted by Gasteiger charge is -2.25. The number of hydrogen-bond acceptors (Lipinski definition) is 1. The molecule has 1 aromatic rings. The van der Waals surface area contributed by atoms with E-state index in [0.29, 0.717) is 12.2 Å². The summed E-state index contributed by atoms with van der Waals surface area (Å²) >= 11 is 0. The molecule has 1 aromatic carbocycles. The van der Waals surface area contributed by atoms with Crippen molar-refractivity contribution in [2.24, 2.45) is 0 Å². The van der Waals surface area contributed by atoms with Crippen molar-refractivity contribution in [2.45, 2.75) is 19.5 Å². The van der Waals surface area contributed by atoms with Crippen molar-refractivity contribution >= 4 is 0 Å². The summed E-state index contributed by atoms with van der Waals surface area (Å²) in [5.74, 6) is -2.82. The second-order valence-corrected chi connectivity index (χ2v) is 3.36. The molecule has 0 atom stereocenters. The van der Waals surface area contributed by atoms with Gasteiger partial charge >= 0.3 is 0 Å². The Bertz CT molecular complexity index is 334. The quantitative estimate of drug-likeness (QED) is 0.602. The van der Waals surface area contributed by atoms with Crippen LogP contribution in [0.4, 0.5) is 8.78 Å². The van der Waals surface area contributed by atoms with Crippen LogP contribution in [-0.4, -0.2) is 6.61 Å². The van der Waals surface area contributed by atoms with Gasteiger partial charge in [0, 0.05) is 5.56 Å². The molecule has 0 N–H and O–H groups in total. The number of alkyl halides is 2. The minimum Gasteiger partial charge on any atom is -0.370 e. The van der Waals surface area contributed by atoms with Crippen molar-refractivity contribution in [1.82, 2.24) is 0 Å². The summed E-state index contributed by atoms with van der Waals surface area (Å²) < 4.78 is 31.2. The van der Waals surface area contributed by atoms with E-state index in [1.807, 2.05) is 6.92 Å². The smallest absolute Gasteiger partial charge is 0.296 e. The first-order chi connectivity index (χ1) is 6.09. The first kappa shape index (κ1) is 8.63. The van der Waals surface area contributed by atoms with Gasteiger partial charge in [0.05, 0.1) is 6.61 Å². The number of fused-ring (bicyclic) bond motifs is 1. The molecule has 0 saturated carbocycles. The van der Waals surface area contributed by atoms with E-state index < -0.39 is 12.5 Å². The van der Waals surface area contributed by atoms with Crippen LogP contribution in [0.2, 0.25) is 0 Å². The van der Waals surface area contributed by atoms with E-state index in [1.54, 1.807) is 12.1 Å². The summed E-state index contributed by atoms with van der Waals surface area (Å²) in [5, 5.41) is 0. The van der Waals surface area contributed by atoms with Crippen LogP contribution in [0.25, 0.3) is 0 Å². The minimum absolute atomic E-state index is 0.115. The monoisotopic (exact) mass is 184 g/mol. The number of ether oxygens (including phenoxy) is 1. The van der Waals surface area contributed by atoms with Gasteiger partial charge in [-0.2, -0.15) is 8.78 Å². The Kier molecular flexibility index (Phi) is 1.84. The molecule has 0 spiro atoms. The van der Waals surface area contributed by atoms with Crippen LogP contribution in [0.3, 0.4) is 0 Å². The largest absolute Gasteiger partial charge is 0.370 e. The van der Waals surface area contributed by atoms with Gasteiger partial charge in [-0.25, -0.2) is 0 Å². The number of aryl methyl sites for hydroxylation is 1. The molecule has 1 aliphatic heterocycles. The Labute approximate surface area is 75.3 Å². The first-order valence-corrected chi connectivity index (χ1v) is 4.15. The highest BCUT2D eigenvalue weighted by Gasteiger charge is 2.37. The summed E-state index contributed by atoms with van der Waals surface area (Å²) in [7, 11) is 0. The minimum atomic E-state index is -2.82. The highest BCUT2D eigenvalue weighted by molar-refractivity contribution is 5.35. The molecule has 13 heavy (non-hydrogen) atoms. The molecule has 1 heterocycles. The van der Waals surface area contributed by atoms with Crippen molar-refractivity contribution in [3.63, 3.8) is 0 Å². The van der Waals surface area contributed by atoms with Crippen LogP contribution >= 0.6 is 0 Å². The van der Waals surface area contributed by atoms with Crippen molar-refractivity contribution in [1.29, 1.82) is 0 Å². The van der Waals surface area contributed by atoms with Crippen molar-refractivity contribution in [3.05, 3.63) is 34.9 Å². The zero-order valence-electron chi connectivity index (χ0n) is 7.31. The zero-order chi connectivity index (χ0) is 9.47. The van der Waals surface area contributed by atoms with Gasteiger partial charge < -0.3 is 4.74 Å². The van der Waals surface area contributed by atoms with Gasteiger partial charge in [0.2, 0.25) is 0 Å². The van der Waals surface area contributed by atoms with E-state index in [-0.39, 0.29) is 5.56 Å². The molecule has 0 unspecified atom stereocenters. The molecule has 0 aromatic heterocycles. The molecule has 0 bridgehead atoms. The Hall–Kier alpha value is -0.960. The van der Waals surface area contributed by atoms with Crippen LogP contribution in [0, 0.1) is 6.92 Å². The summed E-state index contributed by atoms with van der Waals surface area (Å²) in [6.45, 7) is 1.68. The average Bonchev–Trinajstić information content (AvgIpc) is 2.02. The van der Waals surface area contributed by atoms with Gasteiger partial charge in [0.1, 0.15) is 6.61 Å². The maximum absolute atomic E-state index is 13.2. The fraction of sp³-hybridized carbons (Fsp3) is 0.400. The third-order valence-electron chi connectivity index (χ3n) is 2.20. The van der Waals surface area contributed by atoms with Gasteiger partial charge in [-0.15, -0.1) is 0 Å². The van der Waals surface area contributed by atoms with Crippen molar-refractivity contribution in [2.75, 3.05) is 6.61 Å². The van der Waals surface area contributed by atoms with E-state index in [2.05, 4.69) is 0 Å². The molecule has 0 saturated heterocycles. The standard InChI is InChI=1S/C10H10F2O/c1-7-2-3-9-8(4-7)5-13-6-10(9,11)12/h2-4H,5-6H2,1H3. The van der Waals surface area contributed by atoms with Crippen LogP contribution in [0.1, 0.15) is 16.7 Å². The average molecular weight is 184 g/mol. The van der Waals surface area contributed by atoms with E-state index in [0.717, 1.165) is 5.56 Å². The predicted octanol–water partition coefficient (Wildman–Crippen LogP) is 2.62. The summed E-state index contributed by atoms with van der Waals surface area (Å²) in [6, 6.07) is 4.95. The topological polar surface area (TPSA) is 9.23 Å². The Morgan fingerprint density at radius 3 is 2.92 bits per heavy atom. The summed E-state index contributed by atoms with van der Waals surface area (Å²) in [6.07, 6.45) is 0. The summed E-state index contributed by atoms with van der Waals surface area (Å²) in [5.41, 5.74) is 1.71. The van der Waals surface area contributed by atoms with E-state index in [1.165, 1.54) is 6.07 Å². The first-order valence-electron chi connectivity index (χ1n) is 4.15. The molecule has 0 radical (unpaired) electrons. The molecular weight excluding hydrogens is 174 g/mol. The van der Waals surface area contributed by atoms with Crippen LogP contribution < -0.4 is 0 Å². The zero-order valence-corrected chi connectivity index (χ0v) is 7.31. The van der Waals surface area contributed by atoms with E-state index in [9.17, 15) is 8.78 Å². The molecule has 0 aliphatic carbocycles. The number of benzene rings is 1. The highest BCUT2D eigenvalue weighted by Crippen LogP contribution is 2.35. The van der Waals surface area contributed by atoms with Gasteiger partial charge in [0.15, 0.2) is 0 Å². The lowest BCUT2D eigenvalue weighted by molar-refractivity contribution is -0.103. The molecular formula is C10H10F2O. The number of hydrogen-bond donors (Lipinski definition) is 0. The summed E-state index contributed by atoms with van der Waals surface area (Å²) in [4.78, 5) is 0. The van der Waals surface area contributed by atoms with Crippen molar-refractivity contribution in [3.8, 4) is 0 Å². The van der Waals surface area contributed by atoms with Crippen LogP contribution in [0.15, 0.2) is 18.2 Å². The Morgan fingerprint density at radius 2 is 2.15 bits per heavy atom. The van der Waals surface area contributed by atoms with E-state index >= 15 is 0 Å². The fourth-order valence-electron chi connectivity index (χ4n) is 1.57. The molecule has 2 rings (SSSR count). The molecule has 1 aliphatic rings. The molecule has 0 fully saturated rings. The van der Waals surface area contributed by atoms with Gasteiger partial charge in [0.25, 0.3) is 5.92 Å². The third kappa shape index (κ3) is 1.44. The van der Waals surface area contributed by atoms with Gasteiger partial charge in [-0.3, -0.25) is 0 Å². The molecule has 1 nitrogen and oxygen atoms in total. The van der Waals surface area contributed by atoms with Gasteiger partial charge in [-0.1, -0.05) is 23.8 Å². The highest BCUT2D eigenvalue weighted by atomic mass is 19.3. The normalized spacial score (nSPS) is 19.6. The lowest BCUT2D eigenvalue weighted by atomic mass is 9.98. The second kappa shape index (κ2) is 2.77. The van der Waals surface area contributed by atoms with Crippen LogP contribution in [-0.2, 0) is 17.3 Å². The van der Waals surface area contributed by atoms with Gasteiger partial charge in [-0.05, 0) is 12.5 Å². The fourth-order valence-corrected chi connectivity index (χ4v) is 1.57. The Balaban J connectivity index is 2.53. The van der Waals surface area contributed by atoms with E-state index in [4.69, 9.17) is 4.74 Å². The maximum atomic E-state index is 13.2. The third-order valence-corrected chi connectivity index (χ3v) is 2.20. The SMILES string of the molecule is Cc1ccc2c(c1)COCC2(F)F. The van der Waals surface area contributed by atoms with Crippen LogP contribution in [0.5, 0.6) is 0 Å². The maximum Gasteiger partial charge on any atom is 0.296 e. The number of rotatable bonds is 0. The Morgan fingerprint density at radius 1 is 1.38 bits per heavy atom. The lowest BCUT2D eigenvalue weighted by Crippen LogP contribution is -2.27. The molecule has 3 heteroatoms. The molecule has 70 valence electrons. The second-order valence-electron chi connectivity index (χ2n) is 3.36. The van der Waals surface area contributed by atoms with Crippen molar-refractivity contribution < 1.29 is 13.5 Å².